The maximum Gasteiger partial charge on any atom is 0.508 e. The van der Waals surface area contributed by atoms with E-state index in [0.717, 1.165) is 0 Å². The molecule has 10 heteroatoms. The first-order valence-corrected chi connectivity index (χ1v) is 12.7. The molecule has 0 saturated carbocycles. The normalized spacial score (nSPS) is 16.1. The Morgan fingerprint density at radius 1 is 0.838 bits per heavy atom. The lowest BCUT2D eigenvalue weighted by Crippen LogP contribution is -2.42. The zero-order valence-electron chi connectivity index (χ0n) is 23.0. The van der Waals surface area contributed by atoms with Gasteiger partial charge in [0, 0.05) is 11.8 Å². The SMILES string of the molecule is CCC(C)C(=O)Oc1ccc(C(C(C)C(C)OC(=O)OC(C)C)[C@H](N)C(=O)O)cc1OC(=O)C(C)CC. The van der Waals surface area contributed by atoms with Crippen molar-refractivity contribution < 1.29 is 43.2 Å². The summed E-state index contributed by atoms with van der Waals surface area (Å²) in [5, 5.41) is 9.71. The average molecular weight is 524 g/mol. The molecule has 37 heavy (non-hydrogen) atoms. The van der Waals surface area contributed by atoms with Gasteiger partial charge in [0.1, 0.15) is 12.1 Å². The van der Waals surface area contributed by atoms with Gasteiger partial charge in [-0.05, 0) is 51.3 Å². The molecule has 0 amide bonds. The molecule has 1 rings (SSSR count). The molecule has 5 unspecified atom stereocenters. The molecule has 0 bridgehead atoms. The molecule has 3 N–H and O–H groups in total. The molecular weight excluding hydrogens is 482 g/mol. The van der Waals surface area contributed by atoms with E-state index in [1.54, 1.807) is 47.6 Å². The first-order valence-electron chi connectivity index (χ1n) is 12.7. The minimum Gasteiger partial charge on any atom is -0.480 e. The highest BCUT2D eigenvalue weighted by Crippen LogP contribution is 2.37. The van der Waals surface area contributed by atoms with E-state index in [0.29, 0.717) is 18.4 Å². The van der Waals surface area contributed by atoms with Crippen LogP contribution in [0.1, 0.15) is 79.7 Å². The van der Waals surface area contributed by atoms with Gasteiger partial charge in [0.2, 0.25) is 0 Å². The Balaban J connectivity index is 3.48. The molecule has 0 saturated heterocycles. The van der Waals surface area contributed by atoms with E-state index in [9.17, 15) is 24.3 Å². The van der Waals surface area contributed by atoms with Crippen LogP contribution in [0, 0.1) is 17.8 Å². The lowest BCUT2D eigenvalue weighted by molar-refractivity contribution is -0.141. The number of aliphatic carboxylic acids is 1. The van der Waals surface area contributed by atoms with Gasteiger partial charge in [0.15, 0.2) is 11.5 Å². The first kappa shape index (κ1) is 31.9. The van der Waals surface area contributed by atoms with Crippen LogP contribution in [0.2, 0.25) is 0 Å². The minimum absolute atomic E-state index is 0.0259. The summed E-state index contributed by atoms with van der Waals surface area (Å²) in [4.78, 5) is 49.0. The molecule has 0 aromatic heterocycles. The van der Waals surface area contributed by atoms with Crippen molar-refractivity contribution in [2.45, 2.75) is 92.4 Å². The van der Waals surface area contributed by atoms with Crippen LogP contribution in [0.25, 0.3) is 0 Å². The Hall–Kier alpha value is -3.14. The van der Waals surface area contributed by atoms with E-state index in [-0.39, 0.29) is 23.5 Å². The Kier molecular flexibility index (Phi) is 12.6. The molecular formula is C27H41NO9. The third-order valence-electron chi connectivity index (χ3n) is 6.40. The van der Waals surface area contributed by atoms with Gasteiger partial charge in [-0.2, -0.15) is 0 Å². The van der Waals surface area contributed by atoms with Crippen molar-refractivity contribution in [3.05, 3.63) is 23.8 Å². The lowest BCUT2D eigenvalue weighted by atomic mass is 9.79. The highest BCUT2D eigenvalue weighted by atomic mass is 16.7. The number of benzene rings is 1. The van der Waals surface area contributed by atoms with E-state index in [1.807, 2.05) is 13.8 Å². The van der Waals surface area contributed by atoms with Crippen LogP contribution in [0.4, 0.5) is 4.79 Å². The summed E-state index contributed by atoms with van der Waals surface area (Å²) in [7, 11) is 0. The molecule has 0 aliphatic heterocycles. The number of carbonyl (C=O) groups is 4. The van der Waals surface area contributed by atoms with Gasteiger partial charge >= 0.3 is 24.1 Å². The second kappa shape index (κ2) is 14.6. The molecule has 0 fully saturated rings. The van der Waals surface area contributed by atoms with Crippen LogP contribution in [-0.4, -0.2) is 47.4 Å². The number of rotatable bonds is 13. The summed E-state index contributed by atoms with van der Waals surface area (Å²) >= 11 is 0. The van der Waals surface area contributed by atoms with Gasteiger partial charge in [-0.1, -0.05) is 40.7 Å². The van der Waals surface area contributed by atoms with Gasteiger partial charge in [-0.3, -0.25) is 14.4 Å². The fourth-order valence-electron chi connectivity index (χ4n) is 3.41. The summed E-state index contributed by atoms with van der Waals surface area (Å²) in [5.74, 6) is -4.52. The van der Waals surface area contributed by atoms with E-state index >= 15 is 0 Å². The second-order valence-corrected chi connectivity index (χ2v) is 9.66. The molecule has 1 aromatic carbocycles. The van der Waals surface area contributed by atoms with Crippen LogP contribution in [-0.2, 0) is 23.9 Å². The summed E-state index contributed by atoms with van der Waals surface area (Å²) in [5.41, 5.74) is 6.48. The molecule has 6 atom stereocenters. The zero-order valence-corrected chi connectivity index (χ0v) is 23.0. The number of nitrogens with two attached hydrogens (primary N) is 1. The van der Waals surface area contributed by atoms with Crippen molar-refractivity contribution in [2.75, 3.05) is 0 Å². The first-order chi connectivity index (χ1) is 17.2. The van der Waals surface area contributed by atoms with Crippen molar-refractivity contribution in [1.82, 2.24) is 0 Å². The van der Waals surface area contributed by atoms with Gasteiger partial charge in [-0.25, -0.2) is 4.79 Å². The smallest absolute Gasteiger partial charge is 0.480 e. The van der Waals surface area contributed by atoms with Crippen LogP contribution in [0.3, 0.4) is 0 Å². The number of carbonyl (C=O) groups excluding carboxylic acids is 3. The van der Waals surface area contributed by atoms with E-state index in [2.05, 4.69) is 0 Å². The van der Waals surface area contributed by atoms with Gasteiger partial charge in [-0.15, -0.1) is 0 Å². The predicted octanol–water partition coefficient (Wildman–Crippen LogP) is 4.67. The topological polar surface area (TPSA) is 151 Å². The van der Waals surface area contributed by atoms with Crippen LogP contribution in [0.5, 0.6) is 11.5 Å². The maximum atomic E-state index is 12.6. The van der Waals surface area contributed by atoms with Crippen molar-refractivity contribution in [2.24, 2.45) is 23.5 Å². The van der Waals surface area contributed by atoms with Crippen LogP contribution < -0.4 is 15.2 Å². The van der Waals surface area contributed by atoms with Crippen molar-refractivity contribution in [1.29, 1.82) is 0 Å². The van der Waals surface area contributed by atoms with Crippen LogP contribution in [0.15, 0.2) is 18.2 Å². The maximum absolute atomic E-state index is 12.6. The quantitative estimate of drug-likeness (QED) is 0.275. The Bertz CT molecular complexity index is 946. The van der Waals surface area contributed by atoms with Gasteiger partial charge in [0.25, 0.3) is 0 Å². The van der Waals surface area contributed by atoms with Crippen LogP contribution >= 0.6 is 0 Å². The van der Waals surface area contributed by atoms with Crippen molar-refractivity contribution in [3.8, 4) is 11.5 Å². The van der Waals surface area contributed by atoms with Crippen molar-refractivity contribution in [3.63, 3.8) is 0 Å². The Morgan fingerprint density at radius 2 is 1.35 bits per heavy atom. The fraction of sp³-hybridized carbons (Fsp3) is 0.630. The lowest BCUT2D eigenvalue weighted by Gasteiger charge is -2.31. The summed E-state index contributed by atoms with van der Waals surface area (Å²) in [6.45, 7) is 13.8. The van der Waals surface area contributed by atoms with E-state index < -0.39 is 54.0 Å². The summed E-state index contributed by atoms with van der Waals surface area (Å²) < 4.78 is 21.5. The predicted molar refractivity (Wildman–Crippen MR) is 136 cm³/mol. The molecule has 0 radical (unpaired) electrons. The van der Waals surface area contributed by atoms with E-state index in [1.165, 1.54) is 12.1 Å². The minimum atomic E-state index is -1.38. The summed E-state index contributed by atoms with van der Waals surface area (Å²) in [6, 6.07) is 3.07. The Morgan fingerprint density at radius 3 is 1.81 bits per heavy atom. The van der Waals surface area contributed by atoms with Crippen molar-refractivity contribution >= 4 is 24.1 Å². The number of hydrogen-bond donors (Lipinski definition) is 2. The number of hydrogen-bond acceptors (Lipinski definition) is 9. The fourth-order valence-corrected chi connectivity index (χ4v) is 3.41. The molecule has 0 spiro atoms. The van der Waals surface area contributed by atoms with Gasteiger partial charge in [0.05, 0.1) is 17.9 Å². The molecule has 0 aliphatic rings. The zero-order chi connectivity index (χ0) is 28.4. The summed E-state index contributed by atoms with van der Waals surface area (Å²) in [6.07, 6.45) is -0.947. The monoisotopic (exact) mass is 523 g/mol. The third-order valence-corrected chi connectivity index (χ3v) is 6.40. The number of carboxylic acids is 1. The van der Waals surface area contributed by atoms with E-state index in [4.69, 9.17) is 24.7 Å². The molecule has 0 heterocycles. The highest BCUT2D eigenvalue weighted by molar-refractivity contribution is 5.79. The number of carboxylic acid groups (broad SMARTS) is 1. The standard InChI is InChI=1S/C27H41NO9/c1-9-15(5)25(31)36-20-12-11-19(13-21(20)37-26(32)16(6)10-2)22(23(28)24(29)30)17(7)18(8)35-27(33)34-14(3)4/h11-18,22-23H,9-10,28H2,1-8H3,(H,29,30)/t15?,16?,17?,18?,22?,23-/m0/s1. The van der Waals surface area contributed by atoms with Gasteiger partial charge < -0.3 is 29.8 Å². The third kappa shape index (κ3) is 9.35. The molecule has 0 aliphatic carbocycles. The highest BCUT2D eigenvalue weighted by Gasteiger charge is 2.36. The number of esters is 2. The Labute approximate surface area is 218 Å². The molecule has 208 valence electrons. The molecule has 1 aromatic rings. The second-order valence-electron chi connectivity index (χ2n) is 9.66. The average Bonchev–Trinajstić information content (AvgIpc) is 2.83. The molecule has 10 nitrogen and oxygen atoms in total. The largest absolute Gasteiger partial charge is 0.508 e. The number of ether oxygens (including phenoxy) is 4.